The molecule has 0 saturated carbocycles. The quantitative estimate of drug-likeness (QED) is 0.855. The monoisotopic (exact) mass is 398 g/mol. The highest BCUT2D eigenvalue weighted by Crippen LogP contribution is 2.46. The van der Waals surface area contributed by atoms with E-state index in [1.807, 2.05) is 13.8 Å². The van der Waals surface area contributed by atoms with Crippen molar-refractivity contribution < 1.29 is 27.9 Å². The summed E-state index contributed by atoms with van der Waals surface area (Å²) in [7, 11) is 0. The van der Waals surface area contributed by atoms with Crippen molar-refractivity contribution in [2.45, 2.75) is 45.8 Å². The zero-order valence-electron chi connectivity index (χ0n) is 15.7. The number of halogens is 3. The van der Waals surface area contributed by atoms with Gasteiger partial charge < -0.3 is 10.0 Å². The molecule has 10 heteroatoms. The number of alkyl halides is 3. The predicted molar refractivity (Wildman–Crippen MR) is 93.9 cm³/mol. The van der Waals surface area contributed by atoms with Gasteiger partial charge in [0.1, 0.15) is 0 Å². The number of hydrogen-bond donors (Lipinski definition) is 1. The van der Waals surface area contributed by atoms with E-state index in [0.717, 1.165) is 11.3 Å². The predicted octanol–water partition coefficient (Wildman–Crippen LogP) is 3.19. The molecule has 0 aromatic carbocycles. The zero-order chi connectivity index (χ0) is 20.9. The van der Waals surface area contributed by atoms with E-state index in [1.165, 1.54) is 12.3 Å². The second kappa shape index (κ2) is 6.75. The van der Waals surface area contributed by atoms with Crippen molar-refractivity contribution in [3.05, 3.63) is 23.5 Å². The first-order chi connectivity index (χ1) is 13.0. The molecule has 1 N–H and O–H groups in total. The van der Waals surface area contributed by atoms with Crippen molar-refractivity contribution in [1.29, 1.82) is 0 Å². The minimum atomic E-state index is -4.95. The molecule has 1 aliphatic rings. The molecule has 2 unspecified atom stereocenters. The number of carbonyl (C=O) groups excluding carboxylic acids is 1. The molecule has 1 amide bonds. The van der Waals surface area contributed by atoms with Crippen molar-refractivity contribution in [2.75, 3.05) is 13.1 Å². The van der Waals surface area contributed by atoms with Gasteiger partial charge in [0.25, 0.3) is 5.91 Å². The summed E-state index contributed by atoms with van der Waals surface area (Å²) in [4.78, 5) is 29.8. The molecule has 152 valence electrons. The second-order valence-electron chi connectivity index (χ2n) is 7.26. The van der Waals surface area contributed by atoms with Crippen molar-refractivity contribution in [2.24, 2.45) is 5.41 Å². The Morgan fingerprint density at radius 2 is 2.07 bits per heavy atom. The van der Waals surface area contributed by atoms with Crippen LogP contribution in [0.15, 0.2) is 12.3 Å². The van der Waals surface area contributed by atoms with Crippen LogP contribution in [0, 0.1) is 12.3 Å². The van der Waals surface area contributed by atoms with E-state index < -0.39 is 36.4 Å². The number of fused-ring (bicyclic) bond motifs is 1. The third kappa shape index (κ3) is 3.00. The standard InChI is InChI=1S/C18H21F3N4O3/c1-4-11(3)25-14-13(8-22-25)12(7-10(2)23-14)15(26)24-6-5-17(9-24,16(27)28)18(19,20)21/h7-8,11H,4-6,9H2,1-3H3,(H,27,28). The highest BCUT2D eigenvalue weighted by Gasteiger charge is 2.64. The average molecular weight is 398 g/mol. The molecule has 28 heavy (non-hydrogen) atoms. The third-order valence-corrected chi connectivity index (χ3v) is 5.44. The Balaban J connectivity index is 2.01. The summed E-state index contributed by atoms with van der Waals surface area (Å²) in [5.74, 6) is -2.61. The molecule has 2 aromatic rings. The molecular formula is C18H21F3N4O3. The number of nitrogens with zero attached hydrogens (tertiary/aromatic N) is 4. The van der Waals surface area contributed by atoms with Crippen molar-refractivity contribution in [1.82, 2.24) is 19.7 Å². The Kier molecular flexibility index (Phi) is 4.84. The molecule has 1 fully saturated rings. The normalized spacial score (nSPS) is 21.3. The van der Waals surface area contributed by atoms with Gasteiger partial charge in [-0.15, -0.1) is 0 Å². The smallest absolute Gasteiger partial charge is 0.406 e. The lowest BCUT2D eigenvalue weighted by atomic mass is 9.86. The van der Waals surface area contributed by atoms with Crippen molar-refractivity contribution >= 4 is 22.9 Å². The molecule has 0 radical (unpaired) electrons. The fourth-order valence-corrected chi connectivity index (χ4v) is 3.50. The number of amides is 1. The molecular weight excluding hydrogens is 377 g/mol. The van der Waals surface area contributed by atoms with Gasteiger partial charge in [-0.1, -0.05) is 6.92 Å². The Bertz CT molecular complexity index is 940. The summed E-state index contributed by atoms with van der Waals surface area (Å²) in [6.45, 7) is 4.42. The molecule has 0 bridgehead atoms. The molecule has 7 nitrogen and oxygen atoms in total. The number of carboxylic acid groups (broad SMARTS) is 1. The van der Waals surface area contributed by atoms with Gasteiger partial charge in [0.15, 0.2) is 11.1 Å². The fourth-order valence-electron chi connectivity index (χ4n) is 3.50. The van der Waals surface area contributed by atoms with E-state index in [2.05, 4.69) is 10.1 Å². The van der Waals surface area contributed by atoms with Gasteiger partial charge >= 0.3 is 12.1 Å². The van der Waals surface area contributed by atoms with Crippen LogP contribution in [0.2, 0.25) is 0 Å². The molecule has 1 saturated heterocycles. The van der Waals surface area contributed by atoms with E-state index in [0.29, 0.717) is 16.7 Å². The maximum absolute atomic E-state index is 13.4. The number of hydrogen-bond acceptors (Lipinski definition) is 4. The molecule has 1 aliphatic heterocycles. The van der Waals surface area contributed by atoms with Crippen molar-refractivity contribution in [3.8, 4) is 0 Å². The summed E-state index contributed by atoms with van der Waals surface area (Å²) in [6.07, 6.45) is -3.35. The van der Waals surface area contributed by atoms with Crippen molar-refractivity contribution in [3.63, 3.8) is 0 Å². The molecule has 2 aromatic heterocycles. The zero-order valence-corrected chi connectivity index (χ0v) is 15.7. The lowest BCUT2D eigenvalue weighted by Gasteiger charge is -2.27. The van der Waals surface area contributed by atoms with Gasteiger partial charge in [-0.05, 0) is 32.8 Å². The van der Waals surface area contributed by atoms with E-state index in [-0.39, 0.29) is 18.2 Å². The number of rotatable bonds is 4. The van der Waals surface area contributed by atoms with E-state index in [4.69, 9.17) is 0 Å². The van der Waals surface area contributed by atoms with Crippen LogP contribution in [-0.2, 0) is 4.79 Å². The lowest BCUT2D eigenvalue weighted by molar-refractivity contribution is -0.227. The average Bonchev–Trinajstić information content (AvgIpc) is 3.24. The molecule has 3 heterocycles. The Morgan fingerprint density at radius 3 is 2.61 bits per heavy atom. The molecule has 3 rings (SSSR count). The van der Waals surface area contributed by atoms with Gasteiger partial charge in [-0.2, -0.15) is 18.3 Å². The number of aromatic nitrogens is 3. The first-order valence-corrected chi connectivity index (χ1v) is 8.96. The summed E-state index contributed by atoms with van der Waals surface area (Å²) < 4.78 is 41.9. The Hall–Kier alpha value is -2.65. The van der Waals surface area contributed by atoms with Crippen LogP contribution >= 0.6 is 0 Å². The first-order valence-electron chi connectivity index (χ1n) is 8.96. The topological polar surface area (TPSA) is 88.3 Å². The maximum Gasteiger partial charge on any atom is 0.406 e. The third-order valence-electron chi connectivity index (χ3n) is 5.44. The lowest BCUT2D eigenvalue weighted by Crippen LogP contribution is -2.47. The number of aliphatic carboxylic acids is 1. The largest absolute Gasteiger partial charge is 0.481 e. The van der Waals surface area contributed by atoms with Crippen LogP contribution in [0.25, 0.3) is 11.0 Å². The highest BCUT2D eigenvalue weighted by atomic mass is 19.4. The van der Waals surface area contributed by atoms with Gasteiger partial charge in [0.2, 0.25) is 0 Å². The van der Waals surface area contributed by atoms with Gasteiger partial charge in [0, 0.05) is 18.8 Å². The molecule has 2 atom stereocenters. The minimum Gasteiger partial charge on any atom is -0.481 e. The molecule has 0 spiro atoms. The number of likely N-dealkylation sites (tertiary alicyclic amines) is 1. The summed E-state index contributed by atoms with van der Waals surface area (Å²) in [6, 6.07) is 1.54. The van der Waals surface area contributed by atoms with Crippen LogP contribution in [0.4, 0.5) is 13.2 Å². The second-order valence-corrected chi connectivity index (χ2v) is 7.26. The van der Waals surface area contributed by atoms with Gasteiger partial charge in [-0.25, -0.2) is 9.67 Å². The Labute approximate surface area is 159 Å². The van der Waals surface area contributed by atoms with Crippen LogP contribution < -0.4 is 0 Å². The maximum atomic E-state index is 13.4. The fraction of sp³-hybridized carbons (Fsp3) is 0.556. The SMILES string of the molecule is CCC(C)n1ncc2c(C(=O)N3CCC(C(=O)O)(C(F)(F)F)C3)cc(C)nc21. The highest BCUT2D eigenvalue weighted by molar-refractivity contribution is 6.05. The Morgan fingerprint density at radius 1 is 1.39 bits per heavy atom. The number of carboxylic acids is 1. The van der Waals surface area contributed by atoms with E-state index in [1.54, 1.807) is 11.6 Å². The number of pyridine rings is 1. The molecule has 0 aliphatic carbocycles. The van der Waals surface area contributed by atoms with E-state index in [9.17, 15) is 27.9 Å². The summed E-state index contributed by atoms with van der Waals surface area (Å²) in [5.41, 5.74) is -1.75. The summed E-state index contributed by atoms with van der Waals surface area (Å²) in [5, 5.41) is 13.9. The van der Waals surface area contributed by atoms with Crippen LogP contribution in [-0.4, -0.2) is 55.9 Å². The number of carbonyl (C=O) groups is 2. The van der Waals surface area contributed by atoms with Crippen LogP contribution in [0.3, 0.4) is 0 Å². The summed E-state index contributed by atoms with van der Waals surface area (Å²) >= 11 is 0. The van der Waals surface area contributed by atoms with E-state index >= 15 is 0 Å². The van der Waals surface area contributed by atoms with Crippen LogP contribution in [0.5, 0.6) is 0 Å². The van der Waals surface area contributed by atoms with Gasteiger partial charge in [-0.3, -0.25) is 9.59 Å². The van der Waals surface area contributed by atoms with Crippen LogP contribution in [0.1, 0.15) is 48.8 Å². The van der Waals surface area contributed by atoms with Gasteiger partial charge in [0.05, 0.1) is 23.2 Å². The minimum absolute atomic E-state index is 0.0337. The number of aryl methyl sites for hydroxylation is 1. The first kappa shape index (κ1) is 20.1.